The van der Waals surface area contributed by atoms with Crippen LogP contribution in [-0.4, -0.2) is 34.7 Å². The van der Waals surface area contributed by atoms with Crippen molar-refractivity contribution in [1.82, 2.24) is 9.78 Å². The molecule has 1 aromatic rings. The van der Waals surface area contributed by atoms with Crippen LogP contribution in [0.3, 0.4) is 0 Å². The molecule has 0 fully saturated rings. The first-order chi connectivity index (χ1) is 8.72. The first-order valence-corrected chi connectivity index (χ1v) is 6.69. The van der Waals surface area contributed by atoms with Crippen LogP contribution in [0.2, 0.25) is 5.02 Å². The maximum absolute atomic E-state index is 9.84. The van der Waals surface area contributed by atoms with Crippen molar-refractivity contribution in [3.63, 3.8) is 0 Å². The van der Waals surface area contributed by atoms with Crippen LogP contribution in [0.5, 0.6) is 0 Å². The van der Waals surface area contributed by atoms with Crippen LogP contribution in [0.15, 0.2) is 12.3 Å². The van der Waals surface area contributed by atoms with Crippen molar-refractivity contribution in [1.29, 1.82) is 0 Å². The zero-order valence-electron chi connectivity index (χ0n) is 10.6. The van der Waals surface area contributed by atoms with Gasteiger partial charge in [0.25, 0.3) is 0 Å². The smallest absolute Gasteiger partial charge is 0.0862 e. The van der Waals surface area contributed by atoms with Crippen molar-refractivity contribution in [2.24, 2.45) is 0 Å². The number of hydrogen-bond acceptors (Lipinski definition) is 3. The van der Waals surface area contributed by atoms with Gasteiger partial charge in [-0.05, 0) is 24.8 Å². The largest absolute Gasteiger partial charge is 0.389 e. The van der Waals surface area contributed by atoms with Crippen molar-refractivity contribution in [3.05, 3.63) is 23.0 Å². The summed E-state index contributed by atoms with van der Waals surface area (Å²) in [5.74, 6) is 0. The summed E-state index contributed by atoms with van der Waals surface area (Å²) in [5, 5.41) is 14.8. The molecule has 0 amide bonds. The van der Waals surface area contributed by atoms with Gasteiger partial charge in [-0.25, -0.2) is 0 Å². The molecule has 1 atom stereocenters. The Morgan fingerprint density at radius 3 is 3.17 bits per heavy atom. The second kappa shape index (κ2) is 6.36. The van der Waals surface area contributed by atoms with Crippen LogP contribution in [0.25, 0.3) is 5.57 Å². The molecule has 2 rings (SSSR count). The van der Waals surface area contributed by atoms with Gasteiger partial charge in [0, 0.05) is 7.11 Å². The number of aliphatic hydroxyl groups is 1. The van der Waals surface area contributed by atoms with Gasteiger partial charge in [-0.15, -0.1) is 0 Å². The fraction of sp³-hybridized carbons (Fsp3) is 0.615. The van der Waals surface area contributed by atoms with E-state index in [1.807, 2.05) is 10.8 Å². The molecule has 1 unspecified atom stereocenters. The van der Waals surface area contributed by atoms with Crippen LogP contribution < -0.4 is 0 Å². The average Bonchev–Trinajstić information content (AvgIpc) is 2.57. The second-order valence-corrected chi connectivity index (χ2v) is 4.97. The highest BCUT2D eigenvalue weighted by molar-refractivity contribution is 6.32. The first kappa shape index (κ1) is 13.6. The zero-order valence-corrected chi connectivity index (χ0v) is 11.4. The quantitative estimate of drug-likeness (QED) is 0.914. The molecule has 1 aliphatic rings. The number of methoxy groups -OCH3 is 1. The first-order valence-electron chi connectivity index (χ1n) is 6.31. The Labute approximate surface area is 112 Å². The highest BCUT2D eigenvalue weighted by Gasteiger charge is 2.17. The molecule has 0 saturated carbocycles. The monoisotopic (exact) mass is 270 g/mol. The van der Waals surface area contributed by atoms with Gasteiger partial charge in [0.05, 0.1) is 36.2 Å². The molecule has 1 aromatic heterocycles. The summed E-state index contributed by atoms with van der Waals surface area (Å²) in [4.78, 5) is 0. The summed E-state index contributed by atoms with van der Waals surface area (Å²) < 4.78 is 6.93. The standard InChI is InChI=1S/C13H19ClN2O2/c1-18-7-6-16-13(12(14)9-15-16)10-4-2-3-5-11(17)8-10/h8-9,11,17H,2-7H2,1H3. The zero-order chi connectivity index (χ0) is 13.0. The predicted octanol–water partition coefficient (Wildman–Crippen LogP) is 2.50. The fourth-order valence-electron chi connectivity index (χ4n) is 2.29. The summed E-state index contributed by atoms with van der Waals surface area (Å²) in [6.07, 6.45) is 7.09. The maximum Gasteiger partial charge on any atom is 0.0862 e. The molecule has 0 spiro atoms. The summed E-state index contributed by atoms with van der Waals surface area (Å²) in [6, 6.07) is 0. The lowest BCUT2D eigenvalue weighted by atomic mass is 10.1. The van der Waals surface area contributed by atoms with Gasteiger partial charge in [-0.2, -0.15) is 5.10 Å². The van der Waals surface area contributed by atoms with Gasteiger partial charge in [-0.3, -0.25) is 4.68 Å². The minimum Gasteiger partial charge on any atom is -0.389 e. The molecule has 0 bridgehead atoms. The molecule has 0 aromatic carbocycles. The van der Waals surface area contributed by atoms with Crippen LogP contribution >= 0.6 is 11.6 Å². The van der Waals surface area contributed by atoms with Crippen molar-refractivity contribution < 1.29 is 9.84 Å². The summed E-state index contributed by atoms with van der Waals surface area (Å²) in [5.41, 5.74) is 2.02. The minimum absolute atomic E-state index is 0.371. The van der Waals surface area contributed by atoms with E-state index in [1.165, 1.54) is 0 Å². The number of rotatable bonds is 4. The third-order valence-electron chi connectivity index (χ3n) is 3.20. The summed E-state index contributed by atoms with van der Waals surface area (Å²) in [7, 11) is 1.67. The van der Waals surface area contributed by atoms with Crippen molar-refractivity contribution in [2.75, 3.05) is 13.7 Å². The maximum atomic E-state index is 9.84. The Bertz CT molecular complexity index is 429. The lowest BCUT2D eigenvalue weighted by Gasteiger charge is -2.11. The molecule has 5 heteroatoms. The van der Waals surface area contributed by atoms with E-state index in [-0.39, 0.29) is 6.10 Å². The van der Waals surface area contributed by atoms with Crippen LogP contribution in [0.1, 0.15) is 31.4 Å². The average molecular weight is 271 g/mol. The molecule has 0 saturated heterocycles. The molecule has 1 heterocycles. The van der Waals surface area contributed by atoms with E-state index in [0.29, 0.717) is 18.2 Å². The Hall–Kier alpha value is -0.840. The van der Waals surface area contributed by atoms with E-state index in [1.54, 1.807) is 13.3 Å². The normalized spacial score (nSPS) is 20.6. The van der Waals surface area contributed by atoms with Crippen molar-refractivity contribution in [3.8, 4) is 0 Å². The van der Waals surface area contributed by atoms with Gasteiger partial charge in [0.15, 0.2) is 0 Å². The van der Waals surface area contributed by atoms with Gasteiger partial charge < -0.3 is 9.84 Å². The molecule has 100 valence electrons. The number of halogens is 1. The molecule has 1 aliphatic carbocycles. The number of hydrogen-bond donors (Lipinski definition) is 1. The highest BCUT2D eigenvalue weighted by Crippen LogP contribution is 2.30. The third kappa shape index (κ3) is 3.13. The summed E-state index contributed by atoms with van der Waals surface area (Å²) >= 11 is 6.21. The summed E-state index contributed by atoms with van der Waals surface area (Å²) in [6.45, 7) is 1.27. The van der Waals surface area contributed by atoms with Gasteiger partial charge in [0.1, 0.15) is 0 Å². The van der Waals surface area contributed by atoms with Crippen LogP contribution in [0, 0.1) is 0 Å². The number of aliphatic hydroxyl groups excluding tert-OH is 1. The van der Waals surface area contributed by atoms with Crippen molar-refractivity contribution >= 4 is 17.2 Å². The Kier molecular flexibility index (Phi) is 4.80. The van der Waals surface area contributed by atoms with Crippen molar-refractivity contribution in [2.45, 2.75) is 38.3 Å². The number of ether oxygens (including phenoxy) is 1. The fourth-order valence-corrected chi connectivity index (χ4v) is 2.56. The topological polar surface area (TPSA) is 47.3 Å². The molecule has 0 aliphatic heterocycles. The number of allylic oxidation sites excluding steroid dienone is 1. The van der Waals surface area contributed by atoms with E-state index in [4.69, 9.17) is 16.3 Å². The van der Waals surface area contributed by atoms with E-state index in [9.17, 15) is 5.11 Å². The van der Waals surface area contributed by atoms with Crippen LogP contribution in [-0.2, 0) is 11.3 Å². The molecule has 1 N–H and O–H groups in total. The predicted molar refractivity (Wildman–Crippen MR) is 71.6 cm³/mol. The third-order valence-corrected chi connectivity index (χ3v) is 3.47. The lowest BCUT2D eigenvalue weighted by Crippen LogP contribution is -2.10. The SMILES string of the molecule is COCCn1ncc(Cl)c1C1=CC(O)CCCC1. The molecular weight excluding hydrogens is 252 g/mol. The van der Waals surface area contributed by atoms with E-state index in [0.717, 1.165) is 37.0 Å². The van der Waals surface area contributed by atoms with Gasteiger partial charge >= 0.3 is 0 Å². The van der Waals surface area contributed by atoms with E-state index >= 15 is 0 Å². The van der Waals surface area contributed by atoms with E-state index < -0.39 is 0 Å². The van der Waals surface area contributed by atoms with Gasteiger partial charge in [0.2, 0.25) is 0 Å². The lowest BCUT2D eigenvalue weighted by molar-refractivity contribution is 0.183. The van der Waals surface area contributed by atoms with E-state index in [2.05, 4.69) is 5.10 Å². The molecule has 18 heavy (non-hydrogen) atoms. The molecule has 0 radical (unpaired) electrons. The second-order valence-electron chi connectivity index (χ2n) is 4.56. The Balaban J connectivity index is 2.27. The highest BCUT2D eigenvalue weighted by atomic mass is 35.5. The number of aromatic nitrogens is 2. The minimum atomic E-state index is -0.371. The Morgan fingerprint density at radius 1 is 1.56 bits per heavy atom. The molecular formula is C13H19ClN2O2. The number of nitrogens with zero attached hydrogens (tertiary/aromatic N) is 2. The van der Waals surface area contributed by atoms with Crippen LogP contribution in [0.4, 0.5) is 0 Å². The van der Waals surface area contributed by atoms with Gasteiger partial charge in [-0.1, -0.05) is 24.1 Å². The Morgan fingerprint density at radius 2 is 2.39 bits per heavy atom. The molecule has 4 nitrogen and oxygen atoms in total.